The number of fused-ring (bicyclic) bond motifs is 1. The molecule has 1 saturated carbocycles. The van der Waals surface area contributed by atoms with Crippen LogP contribution in [0, 0.1) is 0 Å². The molecule has 4 heteroatoms. The SMILES string of the molecule is c1nc2c(n1C1CCN(C3CC3)C1)CCNC2. The molecule has 1 aliphatic carbocycles. The third-order valence-corrected chi connectivity index (χ3v) is 4.47. The number of nitrogens with one attached hydrogen (secondary N) is 1. The van der Waals surface area contributed by atoms with Crippen molar-refractivity contribution in [3.63, 3.8) is 0 Å². The predicted molar refractivity (Wildman–Crippen MR) is 65.9 cm³/mol. The lowest BCUT2D eigenvalue weighted by atomic mass is 10.1. The van der Waals surface area contributed by atoms with Gasteiger partial charge in [0.1, 0.15) is 0 Å². The number of hydrogen-bond donors (Lipinski definition) is 1. The smallest absolute Gasteiger partial charge is 0.0955 e. The summed E-state index contributed by atoms with van der Waals surface area (Å²) in [6.07, 6.45) is 7.40. The molecule has 1 unspecified atom stereocenters. The van der Waals surface area contributed by atoms with E-state index in [1.807, 2.05) is 0 Å². The Morgan fingerprint density at radius 2 is 2.18 bits per heavy atom. The van der Waals surface area contributed by atoms with E-state index in [-0.39, 0.29) is 0 Å². The molecule has 2 aliphatic heterocycles. The van der Waals surface area contributed by atoms with Gasteiger partial charge in [0.15, 0.2) is 0 Å². The van der Waals surface area contributed by atoms with Crippen LogP contribution in [0.4, 0.5) is 0 Å². The number of hydrogen-bond acceptors (Lipinski definition) is 3. The summed E-state index contributed by atoms with van der Waals surface area (Å²) in [6, 6.07) is 1.60. The average molecular weight is 232 g/mol. The molecule has 92 valence electrons. The molecular weight excluding hydrogens is 212 g/mol. The van der Waals surface area contributed by atoms with Crippen LogP contribution in [0.25, 0.3) is 0 Å². The summed E-state index contributed by atoms with van der Waals surface area (Å²) in [5.41, 5.74) is 2.77. The first kappa shape index (κ1) is 10.1. The van der Waals surface area contributed by atoms with Crippen LogP contribution in [0.2, 0.25) is 0 Å². The first-order valence-electron chi connectivity index (χ1n) is 6.91. The van der Waals surface area contributed by atoms with Gasteiger partial charge in [-0.2, -0.15) is 0 Å². The highest BCUT2D eigenvalue weighted by Gasteiger charge is 2.35. The molecule has 0 amide bonds. The fourth-order valence-corrected chi connectivity index (χ4v) is 3.34. The monoisotopic (exact) mass is 232 g/mol. The highest BCUT2D eigenvalue weighted by Crippen LogP contribution is 2.34. The van der Waals surface area contributed by atoms with Gasteiger partial charge in [-0.15, -0.1) is 0 Å². The van der Waals surface area contributed by atoms with Crippen LogP contribution in [0.1, 0.15) is 36.7 Å². The molecule has 4 rings (SSSR count). The van der Waals surface area contributed by atoms with Crippen LogP contribution in [-0.4, -0.2) is 40.1 Å². The van der Waals surface area contributed by atoms with Gasteiger partial charge in [0.2, 0.25) is 0 Å². The molecule has 1 N–H and O–H groups in total. The van der Waals surface area contributed by atoms with E-state index in [2.05, 4.69) is 26.1 Å². The quantitative estimate of drug-likeness (QED) is 0.824. The molecule has 1 saturated heterocycles. The van der Waals surface area contributed by atoms with Gasteiger partial charge in [-0.3, -0.25) is 4.90 Å². The van der Waals surface area contributed by atoms with Gasteiger partial charge < -0.3 is 9.88 Å². The Morgan fingerprint density at radius 3 is 3.06 bits per heavy atom. The van der Waals surface area contributed by atoms with Crippen LogP contribution < -0.4 is 5.32 Å². The van der Waals surface area contributed by atoms with Gasteiger partial charge in [-0.05, 0) is 19.3 Å². The molecule has 0 aromatic carbocycles. The maximum absolute atomic E-state index is 4.57. The molecule has 3 aliphatic rings. The maximum Gasteiger partial charge on any atom is 0.0955 e. The van der Waals surface area contributed by atoms with Crippen molar-refractivity contribution in [2.75, 3.05) is 19.6 Å². The summed E-state index contributed by atoms with van der Waals surface area (Å²) in [6.45, 7) is 4.61. The van der Waals surface area contributed by atoms with E-state index < -0.39 is 0 Å². The zero-order valence-electron chi connectivity index (χ0n) is 10.2. The summed E-state index contributed by atoms with van der Waals surface area (Å²) in [7, 11) is 0. The molecule has 4 nitrogen and oxygen atoms in total. The maximum atomic E-state index is 4.57. The van der Waals surface area contributed by atoms with E-state index in [4.69, 9.17) is 0 Å². The fraction of sp³-hybridized carbons (Fsp3) is 0.769. The summed E-state index contributed by atoms with van der Waals surface area (Å²) >= 11 is 0. The van der Waals surface area contributed by atoms with Gasteiger partial charge in [0.25, 0.3) is 0 Å². The average Bonchev–Trinajstić information content (AvgIpc) is 2.95. The topological polar surface area (TPSA) is 33.1 Å². The lowest BCUT2D eigenvalue weighted by Crippen LogP contribution is -2.27. The molecule has 1 aromatic heterocycles. The fourth-order valence-electron chi connectivity index (χ4n) is 3.34. The number of nitrogens with zero attached hydrogens (tertiary/aromatic N) is 3. The van der Waals surface area contributed by atoms with Crippen LogP contribution in [0.15, 0.2) is 6.33 Å². The number of likely N-dealkylation sites (tertiary alicyclic amines) is 1. The number of rotatable bonds is 2. The lowest BCUT2D eigenvalue weighted by molar-refractivity contribution is 0.312. The highest BCUT2D eigenvalue weighted by molar-refractivity contribution is 5.17. The van der Waals surface area contributed by atoms with Crippen molar-refractivity contribution in [1.29, 1.82) is 0 Å². The van der Waals surface area contributed by atoms with E-state index >= 15 is 0 Å². The summed E-state index contributed by atoms with van der Waals surface area (Å²) in [5, 5.41) is 3.40. The third-order valence-electron chi connectivity index (χ3n) is 4.47. The second-order valence-corrected chi connectivity index (χ2v) is 5.64. The molecule has 0 bridgehead atoms. The van der Waals surface area contributed by atoms with E-state index in [1.54, 1.807) is 0 Å². The Morgan fingerprint density at radius 1 is 1.24 bits per heavy atom. The minimum atomic E-state index is 0.685. The minimum absolute atomic E-state index is 0.685. The van der Waals surface area contributed by atoms with Crippen LogP contribution >= 0.6 is 0 Å². The van der Waals surface area contributed by atoms with Crippen molar-refractivity contribution in [3.05, 3.63) is 17.7 Å². The van der Waals surface area contributed by atoms with E-state index in [1.165, 1.54) is 43.7 Å². The van der Waals surface area contributed by atoms with Gasteiger partial charge >= 0.3 is 0 Å². The summed E-state index contributed by atoms with van der Waals surface area (Å²) in [5.74, 6) is 0. The van der Waals surface area contributed by atoms with Gasteiger partial charge in [-0.1, -0.05) is 0 Å². The van der Waals surface area contributed by atoms with E-state index in [9.17, 15) is 0 Å². The Bertz CT molecular complexity index is 421. The van der Waals surface area contributed by atoms with Crippen molar-refractivity contribution in [3.8, 4) is 0 Å². The first-order chi connectivity index (χ1) is 8.42. The van der Waals surface area contributed by atoms with Crippen molar-refractivity contribution >= 4 is 0 Å². The van der Waals surface area contributed by atoms with Crippen molar-refractivity contribution < 1.29 is 0 Å². The number of imidazole rings is 1. The molecule has 1 aromatic rings. The predicted octanol–water partition coefficient (Wildman–Crippen LogP) is 0.938. The standard InChI is InChI=1S/C13H20N4/c1-2-10(1)16-6-4-11(8-16)17-9-15-12-7-14-5-3-13(12)17/h9-11,14H,1-8H2. The highest BCUT2D eigenvalue weighted by atomic mass is 15.3. The third kappa shape index (κ3) is 1.70. The second-order valence-electron chi connectivity index (χ2n) is 5.64. The first-order valence-corrected chi connectivity index (χ1v) is 6.91. The largest absolute Gasteiger partial charge is 0.330 e. The van der Waals surface area contributed by atoms with E-state index in [0.29, 0.717) is 6.04 Å². The Kier molecular flexibility index (Phi) is 2.27. The zero-order chi connectivity index (χ0) is 11.2. The zero-order valence-corrected chi connectivity index (χ0v) is 10.2. The number of aromatic nitrogens is 2. The van der Waals surface area contributed by atoms with Gasteiger partial charge in [-0.25, -0.2) is 4.98 Å². The molecule has 3 heterocycles. The summed E-state index contributed by atoms with van der Waals surface area (Å²) < 4.78 is 2.47. The second kappa shape index (κ2) is 3.82. The Labute approximate surface area is 102 Å². The lowest BCUT2D eigenvalue weighted by Gasteiger charge is -2.20. The van der Waals surface area contributed by atoms with Crippen molar-refractivity contribution in [2.24, 2.45) is 0 Å². The van der Waals surface area contributed by atoms with E-state index in [0.717, 1.165) is 25.6 Å². The Balaban J connectivity index is 1.56. The molecule has 2 fully saturated rings. The van der Waals surface area contributed by atoms with Crippen molar-refractivity contribution in [1.82, 2.24) is 19.8 Å². The van der Waals surface area contributed by atoms with Crippen LogP contribution in [-0.2, 0) is 13.0 Å². The molecule has 1 atom stereocenters. The molecular formula is C13H20N4. The molecule has 17 heavy (non-hydrogen) atoms. The van der Waals surface area contributed by atoms with Crippen molar-refractivity contribution in [2.45, 2.75) is 44.3 Å². The Hall–Kier alpha value is -0.870. The van der Waals surface area contributed by atoms with Crippen LogP contribution in [0.5, 0.6) is 0 Å². The minimum Gasteiger partial charge on any atom is -0.330 e. The molecule has 0 radical (unpaired) electrons. The van der Waals surface area contributed by atoms with Crippen LogP contribution in [0.3, 0.4) is 0 Å². The normalized spacial score (nSPS) is 29.5. The summed E-state index contributed by atoms with van der Waals surface area (Å²) in [4.78, 5) is 7.25. The van der Waals surface area contributed by atoms with Gasteiger partial charge in [0, 0.05) is 50.4 Å². The molecule has 0 spiro atoms. The van der Waals surface area contributed by atoms with Gasteiger partial charge in [0.05, 0.1) is 12.0 Å².